The van der Waals surface area contributed by atoms with E-state index in [2.05, 4.69) is 43.2 Å². The molecule has 1 aliphatic rings. The van der Waals surface area contributed by atoms with E-state index >= 15 is 0 Å². The second-order valence-electron chi connectivity index (χ2n) is 7.58. The van der Waals surface area contributed by atoms with Crippen molar-refractivity contribution in [1.29, 1.82) is 0 Å². The highest BCUT2D eigenvalue weighted by atomic mass is 16.6. The summed E-state index contributed by atoms with van der Waals surface area (Å²) >= 11 is 0. The lowest BCUT2D eigenvalue weighted by atomic mass is 10.0. The number of hydrogen-bond donors (Lipinski definition) is 0. The van der Waals surface area contributed by atoms with Crippen LogP contribution in [-0.2, 0) is 17.9 Å². The molecule has 7 heteroatoms. The number of benzene rings is 1. The molecular weight excluding hydrogens is 344 g/mol. The standard InChI is InChI=1S/C20H26N4O3/c1-13(2)17-7-5-16(6-8-17)11-22(18-9-10-18)19(25)12-23-15(4)20(24(26)27)14(3)21-23/h5-8,13,18H,9-12H2,1-4H3. The molecule has 1 amide bonds. The molecule has 0 spiro atoms. The topological polar surface area (TPSA) is 81.3 Å². The summed E-state index contributed by atoms with van der Waals surface area (Å²) in [5, 5.41) is 15.4. The number of carbonyl (C=O) groups excluding carboxylic acids is 1. The summed E-state index contributed by atoms with van der Waals surface area (Å²) in [6, 6.07) is 8.63. The number of nitro groups is 1. The molecule has 1 aromatic heterocycles. The highest BCUT2D eigenvalue weighted by Gasteiger charge is 2.33. The first-order chi connectivity index (χ1) is 12.8. The monoisotopic (exact) mass is 370 g/mol. The van der Waals surface area contributed by atoms with Gasteiger partial charge in [-0.05, 0) is 43.7 Å². The molecule has 0 atom stereocenters. The molecule has 2 aromatic rings. The van der Waals surface area contributed by atoms with E-state index in [1.165, 1.54) is 10.2 Å². The van der Waals surface area contributed by atoms with E-state index in [0.29, 0.717) is 23.9 Å². The molecule has 7 nitrogen and oxygen atoms in total. The van der Waals surface area contributed by atoms with Gasteiger partial charge in [-0.15, -0.1) is 0 Å². The van der Waals surface area contributed by atoms with Gasteiger partial charge in [0, 0.05) is 12.6 Å². The van der Waals surface area contributed by atoms with Crippen LogP contribution in [0.2, 0.25) is 0 Å². The predicted molar refractivity (Wildman–Crippen MR) is 102 cm³/mol. The summed E-state index contributed by atoms with van der Waals surface area (Å²) in [5.41, 5.74) is 3.12. The minimum absolute atomic E-state index is 0.00922. The van der Waals surface area contributed by atoms with Crippen molar-refractivity contribution in [3.05, 3.63) is 56.9 Å². The van der Waals surface area contributed by atoms with Gasteiger partial charge in [0.05, 0.1) is 4.92 Å². The molecule has 27 heavy (non-hydrogen) atoms. The molecule has 0 N–H and O–H groups in total. The first-order valence-corrected chi connectivity index (χ1v) is 9.34. The maximum atomic E-state index is 12.9. The first-order valence-electron chi connectivity index (χ1n) is 9.34. The summed E-state index contributed by atoms with van der Waals surface area (Å²) in [6.07, 6.45) is 2.01. The minimum atomic E-state index is -0.437. The second kappa shape index (κ2) is 7.50. The molecule has 0 radical (unpaired) electrons. The summed E-state index contributed by atoms with van der Waals surface area (Å²) < 4.78 is 1.45. The summed E-state index contributed by atoms with van der Waals surface area (Å²) in [7, 11) is 0. The number of hydrogen-bond acceptors (Lipinski definition) is 4. The number of carbonyl (C=O) groups is 1. The SMILES string of the molecule is Cc1nn(CC(=O)N(Cc2ccc(C(C)C)cc2)C2CC2)c(C)c1[N+](=O)[O-]. The number of aryl methyl sites for hydroxylation is 1. The fraction of sp³-hybridized carbons (Fsp3) is 0.500. The van der Waals surface area contributed by atoms with Crippen LogP contribution in [0, 0.1) is 24.0 Å². The van der Waals surface area contributed by atoms with Gasteiger partial charge in [-0.25, -0.2) is 0 Å². The summed E-state index contributed by atoms with van der Waals surface area (Å²) in [6.45, 7) is 8.13. The van der Waals surface area contributed by atoms with Gasteiger partial charge in [-0.1, -0.05) is 38.1 Å². The normalized spacial score (nSPS) is 13.8. The van der Waals surface area contributed by atoms with Crippen molar-refractivity contribution in [2.45, 2.75) is 65.6 Å². The van der Waals surface area contributed by atoms with Crippen molar-refractivity contribution in [3.63, 3.8) is 0 Å². The number of rotatable bonds is 7. The van der Waals surface area contributed by atoms with E-state index < -0.39 is 4.92 Å². The zero-order chi connectivity index (χ0) is 19.7. The number of amides is 1. The van der Waals surface area contributed by atoms with Crippen molar-refractivity contribution in [1.82, 2.24) is 14.7 Å². The smallest absolute Gasteiger partial charge is 0.312 e. The molecule has 1 heterocycles. The Kier molecular flexibility index (Phi) is 5.30. The third-order valence-corrected chi connectivity index (χ3v) is 5.12. The van der Waals surface area contributed by atoms with Gasteiger partial charge in [-0.3, -0.25) is 19.6 Å². The van der Waals surface area contributed by atoms with Crippen molar-refractivity contribution in [3.8, 4) is 0 Å². The molecule has 1 saturated carbocycles. The van der Waals surface area contributed by atoms with E-state index in [4.69, 9.17) is 0 Å². The van der Waals surface area contributed by atoms with Crippen LogP contribution >= 0.6 is 0 Å². The highest BCUT2D eigenvalue weighted by Crippen LogP contribution is 2.29. The van der Waals surface area contributed by atoms with Gasteiger partial charge >= 0.3 is 5.69 Å². The van der Waals surface area contributed by atoms with Crippen molar-refractivity contribution < 1.29 is 9.72 Å². The van der Waals surface area contributed by atoms with Crippen LogP contribution in [0.1, 0.15) is 55.1 Å². The molecule has 0 aliphatic heterocycles. The van der Waals surface area contributed by atoms with Gasteiger partial charge in [0.1, 0.15) is 17.9 Å². The van der Waals surface area contributed by atoms with Gasteiger partial charge in [-0.2, -0.15) is 5.10 Å². The summed E-state index contributed by atoms with van der Waals surface area (Å²) in [5.74, 6) is 0.424. The molecule has 3 rings (SSSR count). The average molecular weight is 370 g/mol. The van der Waals surface area contributed by atoms with Crippen molar-refractivity contribution in [2.24, 2.45) is 0 Å². The lowest BCUT2D eigenvalue weighted by molar-refractivity contribution is -0.386. The van der Waals surface area contributed by atoms with Crippen LogP contribution in [0.4, 0.5) is 5.69 Å². The van der Waals surface area contributed by atoms with Crippen LogP contribution < -0.4 is 0 Å². The van der Waals surface area contributed by atoms with Crippen LogP contribution in [0.3, 0.4) is 0 Å². The molecule has 0 bridgehead atoms. The molecular formula is C20H26N4O3. The minimum Gasteiger partial charge on any atom is -0.334 e. The van der Waals surface area contributed by atoms with Gasteiger partial charge < -0.3 is 4.90 Å². The Balaban J connectivity index is 1.75. The Morgan fingerprint density at radius 1 is 1.30 bits per heavy atom. The maximum absolute atomic E-state index is 12.9. The van der Waals surface area contributed by atoms with E-state index in [9.17, 15) is 14.9 Å². The third kappa shape index (κ3) is 4.18. The molecule has 1 fully saturated rings. The number of aromatic nitrogens is 2. The second-order valence-corrected chi connectivity index (χ2v) is 7.58. The van der Waals surface area contributed by atoms with Crippen molar-refractivity contribution >= 4 is 11.6 Å². The Bertz CT molecular complexity index is 851. The number of nitrogens with zero attached hydrogens (tertiary/aromatic N) is 4. The average Bonchev–Trinajstić information content (AvgIpc) is 3.39. The zero-order valence-electron chi connectivity index (χ0n) is 16.3. The van der Waals surface area contributed by atoms with E-state index in [1.54, 1.807) is 13.8 Å². The molecule has 0 unspecified atom stereocenters. The Morgan fingerprint density at radius 3 is 2.41 bits per heavy atom. The van der Waals surface area contributed by atoms with E-state index in [-0.39, 0.29) is 24.2 Å². The fourth-order valence-corrected chi connectivity index (χ4v) is 3.34. The Labute approximate surface area is 159 Å². The van der Waals surface area contributed by atoms with Gasteiger partial charge in [0.15, 0.2) is 0 Å². The molecule has 1 aromatic carbocycles. The highest BCUT2D eigenvalue weighted by molar-refractivity contribution is 5.77. The van der Waals surface area contributed by atoms with Crippen molar-refractivity contribution in [2.75, 3.05) is 0 Å². The predicted octanol–water partition coefficient (Wildman–Crippen LogP) is 3.72. The third-order valence-electron chi connectivity index (χ3n) is 5.12. The summed E-state index contributed by atoms with van der Waals surface area (Å²) in [4.78, 5) is 25.5. The van der Waals surface area contributed by atoms with E-state index in [1.807, 2.05) is 4.90 Å². The van der Waals surface area contributed by atoms with Gasteiger partial charge in [0.2, 0.25) is 5.91 Å². The van der Waals surface area contributed by atoms with Gasteiger partial charge in [0.25, 0.3) is 0 Å². The van der Waals surface area contributed by atoms with Crippen LogP contribution in [0.15, 0.2) is 24.3 Å². The first kappa shape index (κ1) is 19.1. The molecule has 0 saturated heterocycles. The molecule has 1 aliphatic carbocycles. The zero-order valence-corrected chi connectivity index (χ0v) is 16.3. The lowest BCUT2D eigenvalue weighted by Crippen LogP contribution is -2.35. The quantitative estimate of drug-likeness (QED) is 0.549. The maximum Gasteiger partial charge on any atom is 0.312 e. The van der Waals surface area contributed by atoms with E-state index in [0.717, 1.165) is 18.4 Å². The van der Waals surface area contributed by atoms with Crippen LogP contribution in [0.5, 0.6) is 0 Å². The van der Waals surface area contributed by atoms with Crippen LogP contribution in [0.25, 0.3) is 0 Å². The van der Waals surface area contributed by atoms with Crippen LogP contribution in [-0.4, -0.2) is 31.6 Å². The largest absolute Gasteiger partial charge is 0.334 e. The fourth-order valence-electron chi connectivity index (χ4n) is 3.34. The Hall–Kier alpha value is -2.70. The molecule has 144 valence electrons. The lowest BCUT2D eigenvalue weighted by Gasteiger charge is -2.23. The Morgan fingerprint density at radius 2 is 1.93 bits per heavy atom.